The molecule has 0 atom stereocenters. The minimum Gasteiger partial charge on any atom is -0.357 e. The number of piperazine rings is 1. The van der Waals surface area contributed by atoms with Crippen molar-refractivity contribution >= 4 is 11.8 Å². The highest BCUT2D eigenvalue weighted by Gasteiger charge is 2.25. The Morgan fingerprint density at radius 3 is 2.05 bits per heavy atom. The Labute approximate surface area is 129 Å². The molecule has 0 radical (unpaired) electrons. The summed E-state index contributed by atoms with van der Waals surface area (Å²) in [5.41, 5.74) is 2.44. The van der Waals surface area contributed by atoms with Crippen LogP contribution in [-0.2, 0) is 0 Å². The molecule has 1 N–H and O–H groups in total. The molecular formula is C17H19N3O2. The number of rotatable bonds is 2. The van der Waals surface area contributed by atoms with E-state index in [0.29, 0.717) is 37.4 Å². The first kappa shape index (κ1) is 14.4. The summed E-state index contributed by atoms with van der Waals surface area (Å²) in [6, 6.07) is 11.2. The van der Waals surface area contributed by atoms with E-state index in [-0.39, 0.29) is 11.8 Å². The van der Waals surface area contributed by atoms with Gasteiger partial charge in [0.25, 0.3) is 11.8 Å². The Bertz CT molecular complexity index is 654. The summed E-state index contributed by atoms with van der Waals surface area (Å²) < 4.78 is 0. The highest BCUT2D eigenvalue weighted by molar-refractivity contribution is 5.95. The van der Waals surface area contributed by atoms with Crippen LogP contribution in [0.4, 0.5) is 0 Å². The summed E-state index contributed by atoms with van der Waals surface area (Å²) in [6.45, 7) is 4.27. The van der Waals surface area contributed by atoms with Crippen LogP contribution in [0.1, 0.15) is 26.4 Å². The van der Waals surface area contributed by atoms with Gasteiger partial charge in [0.15, 0.2) is 0 Å². The Morgan fingerprint density at radius 2 is 1.50 bits per heavy atom. The number of hydrogen-bond donors (Lipinski definition) is 1. The van der Waals surface area contributed by atoms with E-state index in [4.69, 9.17) is 0 Å². The molecule has 1 aromatic carbocycles. The van der Waals surface area contributed by atoms with Crippen LogP contribution < -0.4 is 0 Å². The van der Waals surface area contributed by atoms with E-state index in [9.17, 15) is 9.59 Å². The number of benzene rings is 1. The number of amides is 2. The second-order valence-electron chi connectivity index (χ2n) is 5.53. The van der Waals surface area contributed by atoms with E-state index in [1.54, 1.807) is 17.2 Å². The molecule has 0 saturated carbocycles. The predicted molar refractivity (Wildman–Crippen MR) is 83.8 cm³/mol. The largest absolute Gasteiger partial charge is 0.357 e. The lowest BCUT2D eigenvalue weighted by Gasteiger charge is -2.34. The molecule has 3 rings (SSSR count). The minimum absolute atomic E-state index is 0.00700. The molecule has 2 aromatic rings. The number of aryl methyl sites for hydroxylation is 1. The van der Waals surface area contributed by atoms with Crippen LogP contribution in [0.3, 0.4) is 0 Å². The van der Waals surface area contributed by atoms with Crippen molar-refractivity contribution in [1.82, 2.24) is 14.8 Å². The summed E-state index contributed by atoms with van der Waals surface area (Å²) in [6.07, 6.45) is 1.74. The fraction of sp³-hybridized carbons (Fsp3) is 0.294. The quantitative estimate of drug-likeness (QED) is 0.920. The lowest BCUT2D eigenvalue weighted by atomic mass is 10.1. The monoisotopic (exact) mass is 297 g/mol. The molecule has 5 heteroatoms. The molecule has 1 fully saturated rings. The highest BCUT2D eigenvalue weighted by Crippen LogP contribution is 2.12. The summed E-state index contributed by atoms with van der Waals surface area (Å²) in [7, 11) is 0. The van der Waals surface area contributed by atoms with Crippen LogP contribution in [0, 0.1) is 6.92 Å². The first-order valence-corrected chi connectivity index (χ1v) is 7.44. The van der Waals surface area contributed by atoms with Crippen LogP contribution in [-0.4, -0.2) is 52.8 Å². The van der Waals surface area contributed by atoms with Gasteiger partial charge in [0.05, 0.1) is 0 Å². The summed E-state index contributed by atoms with van der Waals surface area (Å²) >= 11 is 0. The van der Waals surface area contributed by atoms with Crippen molar-refractivity contribution in [3.8, 4) is 0 Å². The van der Waals surface area contributed by atoms with Gasteiger partial charge in [-0.25, -0.2) is 0 Å². The summed E-state index contributed by atoms with van der Waals surface area (Å²) in [5.74, 6) is 0.0272. The van der Waals surface area contributed by atoms with Gasteiger partial charge < -0.3 is 14.8 Å². The number of H-pyrrole nitrogens is 1. The molecule has 0 unspecified atom stereocenters. The molecular weight excluding hydrogens is 278 g/mol. The smallest absolute Gasteiger partial charge is 0.270 e. The Kier molecular flexibility index (Phi) is 3.96. The van der Waals surface area contributed by atoms with Gasteiger partial charge in [0.1, 0.15) is 5.69 Å². The van der Waals surface area contributed by atoms with E-state index in [1.807, 2.05) is 42.2 Å². The zero-order chi connectivity index (χ0) is 15.5. The Hall–Kier alpha value is -2.56. The minimum atomic E-state index is -0.00700. The van der Waals surface area contributed by atoms with Crippen molar-refractivity contribution in [3.05, 3.63) is 59.4 Å². The van der Waals surface area contributed by atoms with E-state index < -0.39 is 0 Å². The van der Waals surface area contributed by atoms with Crippen LogP contribution in [0.15, 0.2) is 42.6 Å². The van der Waals surface area contributed by atoms with Crippen molar-refractivity contribution in [2.75, 3.05) is 26.2 Å². The lowest BCUT2D eigenvalue weighted by molar-refractivity contribution is 0.0532. The normalized spacial score (nSPS) is 15.0. The standard InChI is InChI=1S/C17H19N3O2/c1-13-4-6-14(7-5-13)16(21)19-9-11-20(12-10-19)17(22)15-3-2-8-18-15/h2-8,18H,9-12H2,1H3. The van der Waals surface area contributed by atoms with E-state index in [2.05, 4.69) is 4.98 Å². The second-order valence-corrected chi connectivity index (χ2v) is 5.53. The molecule has 0 bridgehead atoms. The number of aromatic nitrogens is 1. The van der Waals surface area contributed by atoms with Gasteiger partial charge in [-0.05, 0) is 31.2 Å². The zero-order valence-corrected chi connectivity index (χ0v) is 12.6. The molecule has 2 heterocycles. The van der Waals surface area contributed by atoms with Crippen LogP contribution in [0.5, 0.6) is 0 Å². The maximum atomic E-state index is 12.4. The molecule has 0 spiro atoms. The fourth-order valence-electron chi connectivity index (χ4n) is 2.63. The van der Waals surface area contributed by atoms with Gasteiger partial charge in [-0.2, -0.15) is 0 Å². The van der Waals surface area contributed by atoms with Gasteiger partial charge in [-0.1, -0.05) is 17.7 Å². The van der Waals surface area contributed by atoms with Crippen LogP contribution in [0.2, 0.25) is 0 Å². The molecule has 1 aliphatic heterocycles. The maximum absolute atomic E-state index is 12.4. The summed E-state index contributed by atoms with van der Waals surface area (Å²) in [5, 5.41) is 0. The van der Waals surface area contributed by atoms with Gasteiger partial charge in [0.2, 0.25) is 0 Å². The Morgan fingerprint density at radius 1 is 0.909 bits per heavy atom. The van der Waals surface area contributed by atoms with Crippen LogP contribution >= 0.6 is 0 Å². The molecule has 1 aromatic heterocycles. The molecule has 1 saturated heterocycles. The fourth-order valence-corrected chi connectivity index (χ4v) is 2.63. The third-order valence-corrected chi connectivity index (χ3v) is 3.98. The highest BCUT2D eigenvalue weighted by atomic mass is 16.2. The number of nitrogens with zero attached hydrogens (tertiary/aromatic N) is 2. The molecule has 22 heavy (non-hydrogen) atoms. The first-order chi connectivity index (χ1) is 10.6. The Balaban J connectivity index is 1.60. The first-order valence-electron chi connectivity index (χ1n) is 7.44. The maximum Gasteiger partial charge on any atom is 0.270 e. The average Bonchev–Trinajstić information content (AvgIpc) is 3.09. The topological polar surface area (TPSA) is 56.4 Å². The van der Waals surface area contributed by atoms with Crippen molar-refractivity contribution in [1.29, 1.82) is 0 Å². The second kappa shape index (κ2) is 6.05. The van der Waals surface area contributed by atoms with Crippen molar-refractivity contribution in [2.45, 2.75) is 6.92 Å². The predicted octanol–water partition coefficient (Wildman–Crippen LogP) is 1.92. The van der Waals surface area contributed by atoms with E-state index >= 15 is 0 Å². The zero-order valence-electron chi connectivity index (χ0n) is 12.6. The molecule has 1 aliphatic rings. The van der Waals surface area contributed by atoms with E-state index in [1.165, 1.54) is 0 Å². The molecule has 2 amide bonds. The van der Waals surface area contributed by atoms with Crippen molar-refractivity contribution in [2.24, 2.45) is 0 Å². The third-order valence-electron chi connectivity index (χ3n) is 3.98. The molecule has 0 aliphatic carbocycles. The van der Waals surface area contributed by atoms with Crippen molar-refractivity contribution < 1.29 is 9.59 Å². The number of carbonyl (C=O) groups excluding carboxylic acids is 2. The number of nitrogens with one attached hydrogen (secondary N) is 1. The number of aromatic amines is 1. The molecule has 114 valence electrons. The van der Waals surface area contributed by atoms with Gasteiger partial charge in [-0.3, -0.25) is 9.59 Å². The van der Waals surface area contributed by atoms with Crippen molar-refractivity contribution in [3.63, 3.8) is 0 Å². The van der Waals surface area contributed by atoms with Gasteiger partial charge in [-0.15, -0.1) is 0 Å². The van der Waals surface area contributed by atoms with Gasteiger partial charge >= 0.3 is 0 Å². The SMILES string of the molecule is Cc1ccc(C(=O)N2CCN(C(=O)c3ccc[nH]3)CC2)cc1. The van der Waals surface area contributed by atoms with Gasteiger partial charge in [0, 0.05) is 37.9 Å². The van der Waals surface area contributed by atoms with Crippen LogP contribution in [0.25, 0.3) is 0 Å². The number of hydrogen-bond acceptors (Lipinski definition) is 2. The van der Waals surface area contributed by atoms with E-state index in [0.717, 1.165) is 5.56 Å². The summed E-state index contributed by atoms with van der Waals surface area (Å²) in [4.78, 5) is 31.2. The third kappa shape index (κ3) is 2.88. The molecule has 5 nitrogen and oxygen atoms in total. The average molecular weight is 297 g/mol. The lowest BCUT2D eigenvalue weighted by Crippen LogP contribution is -2.50. The number of carbonyl (C=O) groups is 2.